The van der Waals surface area contributed by atoms with E-state index in [0.29, 0.717) is 41.5 Å². The standard InChI is InChI=1S/C25H34N2O6.C25H38N2O2.C20H32O3.C19H32O2.C8H8O3.C7H6O3.C6H3ClN2O4.2H2/c1-2-3-4-5-6-7-8-9-10-11-18-32-23-15-12-21(13-16-23)20-33-25-17-14-22(26(28)29)19-24(25)27(30)31;1-2-3-4-5-6-7-8-9-10-11-18-28-23-15-12-21(13-16-23)20-29-25-17-14-22(26)19-24(25)27;1-3-4-5-6-7-8-9-10-11-12-17-23-19-15-13-18(14-16-19)20(21)22-2;1-2-3-4-5-6-7-8-9-10-11-16-21-19-14-12-18(17-20)13-15-19;1-11-8(10)6-2-4-7(9)5-3-6;8-6-3-1-5(2-4-6)7(9)10;7-5-2-1-4(8(10)11)3-6(5)9(12)13;;/h12-17,19H,2-11,18,20H2,1H3;12-17,19H,2-11,18,20,26-27H2,1H3;13-16H,3-12,17H2,1-2H3;12-15,20H,2-11,16-17H2,1H3;2-5,9H,1H3;1-4,8H,(H,9,10);1-3H;2*1H. The number of phenolic OH excluding ortho intramolecular Hbond substituents is 2. The highest BCUT2D eigenvalue weighted by Gasteiger charge is 2.22. The summed E-state index contributed by atoms with van der Waals surface area (Å²) >= 11 is 5.43. The number of methoxy groups -OCH3 is 2. The zero-order valence-electron chi connectivity index (χ0n) is 83.2. The molecule has 0 atom stereocenters. The van der Waals surface area contributed by atoms with Crippen molar-refractivity contribution in [2.45, 2.75) is 304 Å². The largest absolute Gasteiger partial charge is 0.508 e. The van der Waals surface area contributed by atoms with Gasteiger partial charge in [-0.15, -0.1) is 0 Å². The van der Waals surface area contributed by atoms with Gasteiger partial charge < -0.3 is 69.8 Å². The number of aromatic hydroxyl groups is 2. The molecule has 30 heteroatoms. The second-order valence-corrected chi connectivity index (χ2v) is 34.2. The van der Waals surface area contributed by atoms with Crippen molar-refractivity contribution in [3.05, 3.63) is 279 Å². The number of carbonyl (C=O) groups is 3. The molecule has 0 bridgehead atoms. The molecule has 9 rings (SSSR count). The van der Waals surface area contributed by atoms with Gasteiger partial charge in [-0.2, -0.15) is 0 Å². The number of aromatic carboxylic acids is 1. The normalized spacial score (nSPS) is 10.4. The second-order valence-electron chi connectivity index (χ2n) is 33.8. The van der Waals surface area contributed by atoms with Crippen molar-refractivity contribution >= 4 is 63.6 Å². The molecule has 0 unspecified atom stereocenters. The van der Waals surface area contributed by atoms with Gasteiger partial charge in [-0.05, 0) is 182 Å². The van der Waals surface area contributed by atoms with E-state index < -0.39 is 43.0 Å². The van der Waals surface area contributed by atoms with Crippen LogP contribution in [0.5, 0.6) is 46.0 Å². The Morgan fingerprint density at radius 2 is 0.593 bits per heavy atom. The summed E-state index contributed by atoms with van der Waals surface area (Å²) in [7, 11) is 2.70. The quantitative estimate of drug-likeness (QED) is 0.00678. The number of esters is 2. The maximum atomic E-state index is 11.3. The SMILES string of the molecule is CCCCCCCCCCCCOc1ccc(C(=O)OC)cc1.CCCCCCCCCCCCOc1ccc(CO)cc1.CCCCCCCCCCCCOc1ccc(COc2ccc(N)cc2N)cc1.CCCCCCCCCCCCOc1ccc(COc2ccc([N+](=O)[O-])cc2[N+](=O)[O-])cc1.COC(=O)c1ccc(O)cc1.O=C(O)c1ccc(O)cc1.O=[N+]([O-])c1ccc(Cl)c([N+](=O)[O-])c1.[HH].[HH]. The number of nitrogens with two attached hydrogens (primary N) is 2. The molecule has 140 heavy (non-hydrogen) atoms. The van der Waals surface area contributed by atoms with Gasteiger partial charge in [0.05, 0.1) is 101 Å². The van der Waals surface area contributed by atoms with E-state index in [1.54, 1.807) is 30.3 Å². The lowest BCUT2D eigenvalue weighted by molar-refractivity contribution is -0.394. The van der Waals surface area contributed by atoms with E-state index in [4.69, 9.17) is 71.9 Å². The van der Waals surface area contributed by atoms with Crippen LogP contribution in [0.1, 0.15) is 335 Å². The van der Waals surface area contributed by atoms with E-state index >= 15 is 0 Å². The van der Waals surface area contributed by atoms with Gasteiger partial charge in [0.15, 0.2) is 5.75 Å². The number of nitro benzene ring substituents is 4. The Morgan fingerprint density at radius 1 is 0.321 bits per heavy atom. The van der Waals surface area contributed by atoms with Crippen LogP contribution >= 0.6 is 11.6 Å². The summed E-state index contributed by atoms with van der Waals surface area (Å²) in [5, 5.41) is 77.4. The summed E-state index contributed by atoms with van der Waals surface area (Å²) in [5.74, 6) is 2.57. The second kappa shape index (κ2) is 78.1. The maximum absolute atomic E-state index is 11.3. The minimum Gasteiger partial charge on any atom is -0.508 e. The Bertz CT molecular complexity index is 4840. The first-order chi connectivity index (χ1) is 67.8. The number of non-ortho nitro benzene ring substituents is 2. The number of carboxylic acid groups (broad SMARTS) is 1. The smallest absolute Gasteiger partial charge is 0.337 e. The molecule has 0 aliphatic heterocycles. The molecule has 0 aliphatic carbocycles. The molecule has 8 N–H and O–H groups in total. The Balaban J connectivity index is 0.000000855. The molecule has 0 amide bonds. The lowest BCUT2D eigenvalue weighted by Gasteiger charge is -2.10. The topological polar surface area (TPSA) is 431 Å². The first-order valence-corrected chi connectivity index (χ1v) is 50.1. The number of hydrogen-bond donors (Lipinski definition) is 6. The van der Waals surface area contributed by atoms with Gasteiger partial charge in [-0.1, -0.05) is 307 Å². The summed E-state index contributed by atoms with van der Waals surface area (Å²) in [6, 6.07) is 53.2. The Hall–Kier alpha value is -12.8. The van der Waals surface area contributed by atoms with Crippen molar-refractivity contribution in [3.8, 4) is 46.0 Å². The van der Waals surface area contributed by atoms with E-state index in [9.17, 15) is 54.8 Å². The molecule has 0 aromatic heterocycles. The molecule has 0 heterocycles. The number of aliphatic hydroxyl groups excluding tert-OH is 1. The number of hydrogen-bond acceptors (Lipinski definition) is 24. The summed E-state index contributed by atoms with van der Waals surface area (Å²) in [5.41, 5.74) is 15.2. The maximum Gasteiger partial charge on any atom is 0.337 e. The number of benzene rings is 9. The van der Waals surface area contributed by atoms with E-state index in [1.165, 1.54) is 306 Å². The first-order valence-electron chi connectivity index (χ1n) is 49.7. The van der Waals surface area contributed by atoms with Crippen molar-refractivity contribution in [2.24, 2.45) is 0 Å². The fourth-order valence-corrected chi connectivity index (χ4v) is 14.1. The third kappa shape index (κ3) is 58.2. The van der Waals surface area contributed by atoms with Crippen LogP contribution in [0.3, 0.4) is 0 Å². The summed E-state index contributed by atoms with van der Waals surface area (Å²) in [6.45, 7) is 12.7. The van der Waals surface area contributed by atoms with Gasteiger partial charge in [0.1, 0.15) is 58.5 Å². The molecule has 772 valence electrons. The number of halogens is 1. The molecule has 0 saturated heterocycles. The monoisotopic (exact) mass is 1970 g/mol. The predicted molar refractivity (Wildman–Crippen MR) is 560 cm³/mol. The van der Waals surface area contributed by atoms with Crippen molar-refractivity contribution in [1.29, 1.82) is 0 Å². The number of rotatable bonds is 62. The number of ether oxygens (including phenoxy) is 8. The third-order valence-corrected chi connectivity index (χ3v) is 22.5. The van der Waals surface area contributed by atoms with E-state index in [1.807, 2.05) is 84.9 Å². The van der Waals surface area contributed by atoms with E-state index in [0.717, 1.165) is 109 Å². The van der Waals surface area contributed by atoms with Crippen LogP contribution in [0.2, 0.25) is 5.02 Å². The molecule has 0 saturated carbocycles. The highest BCUT2D eigenvalue weighted by atomic mass is 35.5. The highest BCUT2D eigenvalue weighted by molar-refractivity contribution is 6.32. The number of aliphatic hydroxyl groups is 1. The lowest BCUT2D eigenvalue weighted by atomic mass is 10.1. The molecule has 29 nitrogen and oxygen atoms in total. The van der Waals surface area contributed by atoms with Gasteiger partial charge in [0, 0.05) is 20.7 Å². The van der Waals surface area contributed by atoms with Crippen LogP contribution < -0.4 is 39.9 Å². The highest BCUT2D eigenvalue weighted by Crippen LogP contribution is 2.34. The van der Waals surface area contributed by atoms with Gasteiger partial charge >= 0.3 is 23.6 Å². The van der Waals surface area contributed by atoms with Gasteiger partial charge in [-0.25, -0.2) is 14.4 Å². The van der Waals surface area contributed by atoms with Gasteiger partial charge in [0.25, 0.3) is 17.1 Å². The average Bonchev–Trinajstić information content (AvgIpc) is 0.835. The number of nitrogen functional groups attached to an aromatic ring is 2. The van der Waals surface area contributed by atoms with Gasteiger partial charge in [-0.3, -0.25) is 40.5 Å². The lowest BCUT2D eigenvalue weighted by Crippen LogP contribution is -2.01. The van der Waals surface area contributed by atoms with Crippen molar-refractivity contribution in [3.63, 3.8) is 0 Å². The predicted octanol–water partition coefficient (Wildman–Crippen LogP) is 30.3. The van der Waals surface area contributed by atoms with Crippen molar-refractivity contribution < 1.29 is 95.3 Å². The number of carboxylic acids is 1. The van der Waals surface area contributed by atoms with Crippen LogP contribution in [-0.2, 0) is 29.3 Å². The Labute approximate surface area is 835 Å². The molecule has 0 spiro atoms. The number of anilines is 2. The van der Waals surface area contributed by atoms with Crippen LogP contribution in [0.15, 0.2) is 200 Å². The number of nitro groups is 4. The van der Waals surface area contributed by atoms with Crippen LogP contribution in [0.25, 0.3) is 0 Å². The molecule has 9 aromatic carbocycles. The molecule has 9 aromatic rings. The zero-order chi connectivity index (χ0) is 102. The number of nitrogens with zero attached hydrogens (tertiary/aromatic N) is 4. The van der Waals surface area contributed by atoms with Crippen molar-refractivity contribution in [1.82, 2.24) is 0 Å². The van der Waals surface area contributed by atoms with Crippen LogP contribution in [0.4, 0.5) is 34.1 Å². The van der Waals surface area contributed by atoms with Gasteiger partial charge in [0.2, 0.25) is 0 Å². The van der Waals surface area contributed by atoms with E-state index in [-0.39, 0.29) is 61.2 Å². The third-order valence-electron chi connectivity index (χ3n) is 22.2. The molecule has 0 aliphatic rings. The summed E-state index contributed by atoms with van der Waals surface area (Å²) in [6.07, 6.45) is 52.9. The summed E-state index contributed by atoms with van der Waals surface area (Å²) < 4.78 is 43.5. The number of phenols is 2. The average molecular weight is 1970 g/mol. The van der Waals surface area contributed by atoms with Crippen molar-refractivity contribution in [2.75, 3.05) is 52.1 Å². The van der Waals surface area contributed by atoms with E-state index in [2.05, 4.69) is 37.2 Å². The Kier molecular flexibility index (Phi) is 67.7. The molecular weight excluding hydrogens is 1810 g/mol. The molecular formula is C110H157ClN6O23. The Morgan fingerprint density at radius 3 is 0.886 bits per heavy atom. The molecule has 0 radical (unpaired) electrons. The first kappa shape index (κ1) is 121. The molecule has 0 fully saturated rings. The minimum absolute atomic E-state index is 0. The number of unbranched alkanes of at least 4 members (excludes halogenated alkanes) is 36. The minimum atomic E-state index is -0.986. The fourth-order valence-electron chi connectivity index (χ4n) is 14.0. The number of carbonyl (C=O) groups excluding carboxylic acids is 2. The summed E-state index contributed by atoms with van der Waals surface area (Å²) in [4.78, 5) is 72.1. The fraction of sp³-hybridized carbons (Fsp3) is 0.482. The zero-order valence-corrected chi connectivity index (χ0v) is 83.9. The van der Waals surface area contributed by atoms with Crippen LogP contribution in [0, 0.1) is 40.5 Å². The van der Waals surface area contributed by atoms with Crippen LogP contribution in [-0.4, -0.2) is 98.7 Å².